The van der Waals surface area contributed by atoms with Crippen molar-refractivity contribution in [3.63, 3.8) is 0 Å². The smallest absolute Gasteiger partial charge is 0.127 e. The van der Waals surface area contributed by atoms with Crippen LogP contribution in [0.2, 0.25) is 0 Å². The molecule has 0 aliphatic heterocycles. The number of benzene rings is 1. The van der Waals surface area contributed by atoms with E-state index < -0.39 is 0 Å². The number of methoxy groups -OCH3 is 2. The molecule has 2 rings (SSSR count). The Labute approximate surface area is 125 Å². The molecule has 0 amide bonds. The Balaban J connectivity index is 2.05. The van der Waals surface area contributed by atoms with Crippen molar-refractivity contribution in [2.75, 3.05) is 14.2 Å². The number of ether oxygens (including phenoxy) is 2. The largest absolute Gasteiger partial charge is 0.497 e. The zero-order chi connectivity index (χ0) is 15.2. The summed E-state index contributed by atoms with van der Waals surface area (Å²) in [6.07, 6.45) is 3.57. The highest BCUT2D eigenvalue weighted by Gasteiger charge is 2.12. The van der Waals surface area contributed by atoms with Gasteiger partial charge in [0.1, 0.15) is 11.5 Å². The summed E-state index contributed by atoms with van der Waals surface area (Å²) in [5.41, 5.74) is 2.92. The van der Waals surface area contributed by atoms with Gasteiger partial charge >= 0.3 is 0 Å². The summed E-state index contributed by atoms with van der Waals surface area (Å²) >= 11 is 0. The normalized spacial score (nSPS) is 12.0. The third kappa shape index (κ3) is 3.92. The monoisotopic (exact) mass is 287 g/mol. The Kier molecular flexibility index (Phi) is 5.11. The van der Waals surface area contributed by atoms with Gasteiger partial charge in [0.15, 0.2) is 0 Å². The predicted molar refractivity (Wildman–Crippen MR) is 81.6 cm³/mol. The summed E-state index contributed by atoms with van der Waals surface area (Å²) in [5.74, 6) is 1.59. The van der Waals surface area contributed by atoms with Crippen LogP contribution in [0.15, 0.2) is 30.6 Å². The van der Waals surface area contributed by atoms with Crippen LogP contribution in [-0.4, -0.2) is 24.2 Å². The van der Waals surface area contributed by atoms with E-state index in [0.29, 0.717) is 6.54 Å². The Morgan fingerprint density at radius 1 is 1.14 bits per heavy atom. The summed E-state index contributed by atoms with van der Waals surface area (Å²) in [5, 5.41) is 3.42. The molecular formula is C16H21N3O2. The van der Waals surface area contributed by atoms with Crippen LogP contribution in [0.5, 0.6) is 11.5 Å². The highest BCUT2D eigenvalue weighted by atomic mass is 16.5. The molecule has 1 aromatic carbocycles. The average Bonchev–Trinajstić information content (AvgIpc) is 2.53. The lowest BCUT2D eigenvalue weighted by atomic mass is 10.1. The van der Waals surface area contributed by atoms with Crippen molar-refractivity contribution < 1.29 is 9.47 Å². The second kappa shape index (κ2) is 7.04. The van der Waals surface area contributed by atoms with E-state index in [-0.39, 0.29) is 6.04 Å². The van der Waals surface area contributed by atoms with Crippen LogP contribution < -0.4 is 14.8 Å². The van der Waals surface area contributed by atoms with E-state index in [1.165, 1.54) is 0 Å². The Hall–Kier alpha value is -2.14. The maximum atomic E-state index is 5.43. The third-order valence-corrected chi connectivity index (χ3v) is 3.33. The Bertz CT molecular complexity index is 585. The lowest BCUT2D eigenvalue weighted by Crippen LogP contribution is -2.19. The molecule has 1 heterocycles. The molecule has 5 heteroatoms. The maximum Gasteiger partial charge on any atom is 0.127 e. The second-order valence-corrected chi connectivity index (χ2v) is 4.86. The van der Waals surface area contributed by atoms with Gasteiger partial charge in [-0.1, -0.05) is 6.07 Å². The minimum absolute atomic E-state index is 0.133. The summed E-state index contributed by atoms with van der Waals surface area (Å²) in [6, 6.07) is 5.96. The molecule has 0 saturated carbocycles. The minimum atomic E-state index is 0.133. The molecule has 1 aromatic heterocycles. The van der Waals surface area contributed by atoms with Crippen LogP contribution in [0.25, 0.3) is 0 Å². The molecule has 0 radical (unpaired) electrons. The molecule has 2 aromatic rings. The van der Waals surface area contributed by atoms with E-state index in [1.807, 2.05) is 25.1 Å². The Morgan fingerprint density at radius 3 is 2.57 bits per heavy atom. The van der Waals surface area contributed by atoms with Crippen LogP contribution in [0.3, 0.4) is 0 Å². The first-order valence-electron chi connectivity index (χ1n) is 6.87. The van der Waals surface area contributed by atoms with Gasteiger partial charge in [0.05, 0.1) is 25.6 Å². The van der Waals surface area contributed by atoms with Crippen LogP contribution in [0, 0.1) is 6.92 Å². The molecule has 0 bridgehead atoms. The van der Waals surface area contributed by atoms with Crippen LogP contribution in [-0.2, 0) is 6.54 Å². The minimum Gasteiger partial charge on any atom is -0.497 e. The molecule has 1 unspecified atom stereocenters. The number of hydrogen-bond acceptors (Lipinski definition) is 5. The number of nitrogens with zero attached hydrogens (tertiary/aromatic N) is 2. The average molecular weight is 287 g/mol. The zero-order valence-corrected chi connectivity index (χ0v) is 12.9. The maximum absolute atomic E-state index is 5.43. The summed E-state index contributed by atoms with van der Waals surface area (Å²) < 4.78 is 10.6. The number of hydrogen-bond donors (Lipinski definition) is 1. The highest BCUT2D eigenvalue weighted by Crippen LogP contribution is 2.29. The SMILES string of the molecule is COc1ccc(C(C)NCc2cnc(C)cn2)c(OC)c1. The van der Waals surface area contributed by atoms with Crippen molar-refractivity contribution in [1.29, 1.82) is 0 Å². The molecule has 112 valence electrons. The first-order valence-corrected chi connectivity index (χ1v) is 6.87. The van der Waals surface area contributed by atoms with Crippen LogP contribution in [0.1, 0.15) is 29.9 Å². The fourth-order valence-corrected chi connectivity index (χ4v) is 2.05. The fraction of sp³-hybridized carbons (Fsp3) is 0.375. The van der Waals surface area contributed by atoms with E-state index >= 15 is 0 Å². The fourth-order valence-electron chi connectivity index (χ4n) is 2.05. The molecule has 0 saturated heterocycles. The van der Waals surface area contributed by atoms with E-state index in [2.05, 4.69) is 22.2 Å². The quantitative estimate of drug-likeness (QED) is 0.885. The molecule has 1 N–H and O–H groups in total. The number of rotatable bonds is 6. The standard InChI is InChI=1S/C16H21N3O2/c1-11-8-19-13(9-17-11)10-18-12(2)15-6-5-14(20-3)7-16(15)21-4/h5-9,12,18H,10H2,1-4H3. The van der Waals surface area contributed by atoms with E-state index in [0.717, 1.165) is 28.5 Å². The number of aryl methyl sites for hydroxylation is 1. The number of nitrogens with one attached hydrogen (secondary N) is 1. The van der Waals surface area contributed by atoms with Crippen molar-refractivity contribution >= 4 is 0 Å². The van der Waals surface area contributed by atoms with Gasteiger partial charge < -0.3 is 14.8 Å². The first kappa shape index (κ1) is 15.3. The highest BCUT2D eigenvalue weighted by molar-refractivity contribution is 5.42. The second-order valence-electron chi connectivity index (χ2n) is 4.86. The van der Waals surface area contributed by atoms with Gasteiger partial charge in [-0.05, 0) is 19.9 Å². The van der Waals surface area contributed by atoms with Gasteiger partial charge in [-0.3, -0.25) is 9.97 Å². The van der Waals surface area contributed by atoms with Gasteiger partial charge in [0, 0.05) is 36.6 Å². The first-order chi connectivity index (χ1) is 10.1. The van der Waals surface area contributed by atoms with Crippen molar-refractivity contribution in [1.82, 2.24) is 15.3 Å². The summed E-state index contributed by atoms with van der Waals surface area (Å²) in [4.78, 5) is 8.58. The van der Waals surface area contributed by atoms with Crippen molar-refractivity contribution in [2.45, 2.75) is 26.4 Å². The van der Waals surface area contributed by atoms with E-state index in [9.17, 15) is 0 Å². The predicted octanol–water partition coefficient (Wildman–Crippen LogP) is 2.65. The van der Waals surface area contributed by atoms with Gasteiger partial charge in [-0.2, -0.15) is 0 Å². The van der Waals surface area contributed by atoms with Crippen molar-refractivity contribution in [3.05, 3.63) is 47.5 Å². The Morgan fingerprint density at radius 2 is 1.95 bits per heavy atom. The van der Waals surface area contributed by atoms with E-state index in [4.69, 9.17) is 9.47 Å². The van der Waals surface area contributed by atoms with Gasteiger partial charge in [0.25, 0.3) is 0 Å². The zero-order valence-electron chi connectivity index (χ0n) is 12.9. The molecule has 5 nitrogen and oxygen atoms in total. The molecule has 21 heavy (non-hydrogen) atoms. The third-order valence-electron chi connectivity index (χ3n) is 3.33. The summed E-state index contributed by atoms with van der Waals surface area (Å²) in [6.45, 7) is 4.67. The topological polar surface area (TPSA) is 56.3 Å². The molecule has 0 fully saturated rings. The van der Waals surface area contributed by atoms with Crippen molar-refractivity contribution in [3.8, 4) is 11.5 Å². The lowest BCUT2D eigenvalue weighted by molar-refractivity contribution is 0.385. The molecule has 0 aliphatic carbocycles. The molecular weight excluding hydrogens is 266 g/mol. The van der Waals surface area contributed by atoms with Crippen LogP contribution in [0.4, 0.5) is 0 Å². The van der Waals surface area contributed by atoms with Crippen LogP contribution >= 0.6 is 0 Å². The molecule has 0 aliphatic rings. The van der Waals surface area contributed by atoms with Crippen molar-refractivity contribution in [2.24, 2.45) is 0 Å². The van der Waals surface area contributed by atoms with Gasteiger partial charge in [-0.15, -0.1) is 0 Å². The lowest BCUT2D eigenvalue weighted by Gasteiger charge is -2.17. The molecule has 0 spiro atoms. The van der Waals surface area contributed by atoms with Gasteiger partial charge in [-0.25, -0.2) is 0 Å². The molecule has 1 atom stereocenters. The number of aromatic nitrogens is 2. The summed E-state index contributed by atoms with van der Waals surface area (Å²) in [7, 11) is 3.31. The van der Waals surface area contributed by atoms with E-state index in [1.54, 1.807) is 26.6 Å². The van der Waals surface area contributed by atoms with Gasteiger partial charge in [0.2, 0.25) is 0 Å².